The highest BCUT2D eigenvalue weighted by molar-refractivity contribution is 5.99. The highest BCUT2D eigenvalue weighted by Crippen LogP contribution is 2.42. The van der Waals surface area contributed by atoms with E-state index in [-0.39, 0.29) is 36.1 Å². The molecule has 0 spiro atoms. The molecule has 1 aliphatic heterocycles. The minimum Gasteiger partial charge on any atom is -0.406 e. The number of amides is 2. The normalized spacial score (nSPS) is 18.5. The van der Waals surface area contributed by atoms with Crippen LogP contribution in [0, 0.1) is 0 Å². The number of ether oxygens (including phenoxy) is 1. The number of alkyl halides is 5. The van der Waals surface area contributed by atoms with Crippen LogP contribution in [0.2, 0.25) is 0 Å². The lowest BCUT2D eigenvalue weighted by atomic mass is 9.82. The lowest BCUT2D eigenvalue weighted by Gasteiger charge is -2.38. The SMILES string of the molecule is CN(c1cc(C2CCC(F)(F)CC2)cnc1NC=O)C1CCN(C(=O)c2ccc(OC(F)(F)F)cc2N)CC1. The zero-order valence-corrected chi connectivity index (χ0v) is 21.3. The zero-order valence-electron chi connectivity index (χ0n) is 21.3. The van der Waals surface area contributed by atoms with E-state index in [1.165, 1.54) is 6.07 Å². The Morgan fingerprint density at radius 2 is 1.85 bits per heavy atom. The first kappa shape index (κ1) is 28.4. The van der Waals surface area contributed by atoms with Crippen molar-refractivity contribution in [1.29, 1.82) is 0 Å². The van der Waals surface area contributed by atoms with E-state index in [0.29, 0.717) is 56.7 Å². The largest absolute Gasteiger partial charge is 0.573 e. The van der Waals surface area contributed by atoms with Gasteiger partial charge in [-0.1, -0.05) is 0 Å². The number of anilines is 3. The van der Waals surface area contributed by atoms with Crippen LogP contribution in [-0.4, -0.2) is 60.7 Å². The third-order valence-corrected chi connectivity index (χ3v) is 7.44. The summed E-state index contributed by atoms with van der Waals surface area (Å²) in [5, 5.41) is 2.60. The van der Waals surface area contributed by atoms with Crippen LogP contribution in [0.1, 0.15) is 60.4 Å². The van der Waals surface area contributed by atoms with E-state index in [1.807, 2.05) is 18.0 Å². The number of benzene rings is 1. The predicted molar refractivity (Wildman–Crippen MR) is 135 cm³/mol. The molecule has 4 rings (SSSR count). The van der Waals surface area contributed by atoms with Crippen molar-refractivity contribution in [2.45, 2.75) is 62.8 Å². The van der Waals surface area contributed by atoms with Gasteiger partial charge in [-0.3, -0.25) is 9.59 Å². The Labute approximate surface area is 222 Å². The standard InChI is InChI=1S/C26H30F5N5O3/c1-35(22-12-17(14-33-23(22)34-15-37)16-4-8-25(27,28)9-5-16)18-6-10-36(11-7-18)24(38)20-3-2-19(13-21(20)32)39-26(29,30)31/h2-3,12-16,18H,4-11,32H2,1H3,(H,33,34,37). The number of rotatable bonds is 7. The fourth-order valence-corrected chi connectivity index (χ4v) is 5.26. The van der Waals surface area contributed by atoms with Gasteiger partial charge < -0.3 is 25.6 Å². The summed E-state index contributed by atoms with van der Waals surface area (Å²) in [6, 6.07) is 5.10. The summed E-state index contributed by atoms with van der Waals surface area (Å²) in [6.45, 7) is 0.741. The molecule has 0 atom stereocenters. The van der Waals surface area contributed by atoms with Gasteiger partial charge in [-0.25, -0.2) is 13.8 Å². The van der Waals surface area contributed by atoms with Crippen molar-refractivity contribution in [3.05, 3.63) is 41.6 Å². The molecule has 0 unspecified atom stereocenters. The number of likely N-dealkylation sites (tertiary alicyclic amines) is 1. The Bertz CT molecular complexity index is 1190. The molecular formula is C26H30F5N5O3. The quantitative estimate of drug-likeness (QED) is 0.278. The van der Waals surface area contributed by atoms with Gasteiger partial charge in [-0.2, -0.15) is 0 Å². The molecule has 1 aromatic carbocycles. The molecule has 1 saturated heterocycles. The lowest BCUT2D eigenvalue weighted by molar-refractivity contribution is -0.274. The van der Waals surface area contributed by atoms with Gasteiger partial charge in [0.15, 0.2) is 5.82 Å². The molecule has 2 fully saturated rings. The van der Waals surface area contributed by atoms with Gasteiger partial charge in [0.1, 0.15) is 5.75 Å². The van der Waals surface area contributed by atoms with Crippen LogP contribution >= 0.6 is 0 Å². The van der Waals surface area contributed by atoms with Crippen LogP contribution in [-0.2, 0) is 4.79 Å². The summed E-state index contributed by atoms with van der Waals surface area (Å²) in [6.07, 6.45) is -1.23. The van der Waals surface area contributed by atoms with E-state index >= 15 is 0 Å². The Balaban J connectivity index is 1.43. The molecule has 0 bridgehead atoms. The number of nitrogens with two attached hydrogens (primary N) is 1. The van der Waals surface area contributed by atoms with E-state index in [9.17, 15) is 31.5 Å². The van der Waals surface area contributed by atoms with Gasteiger partial charge >= 0.3 is 6.36 Å². The first-order chi connectivity index (χ1) is 18.4. The third-order valence-electron chi connectivity index (χ3n) is 7.44. The number of piperidine rings is 1. The maximum absolute atomic E-state index is 13.7. The molecule has 3 N–H and O–H groups in total. The van der Waals surface area contributed by atoms with Crippen LogP contribution < -0.4 is 20.7 Å². The molecule has 13 heteroatoms. The van der Waals surface area contributed by atoms with Gasteiger partial charge in [-0.05, 0) is 55.4 Å². The number of carbonyl (C=O) groups excluding carboxylic acids is 2. The smallest absolute Gasteiger partial charge is 0.406 e. The first-order valence-corrected chi connectivity index (χ1v) is 12.6. The fraction of sp³-hybridized carbons (Fsp3) is 0.500. The third kappa shape index (κ3) is 6.87. The number of hydrogen-bond donors (Lipinski definition) is 2. The number of halogens is 5. The molecule has 1 saturated carbocycles. The van der Waals surface area contributed by atoms with E-state index in [2.05, 4.69) is 15.0 Å². The van der Waals surface area contributed by atoms with Crippen LogP contribution in [0.5, 0.6) is 5.75 Å². The molecule has 2 heterocycles. The van der Waals surface area contributed by atoms with Crippen molar-refractivity contribution >= 4 is 29.5 Å². The van der Waals surface area contributed by atoms with Crippen molar-refractivity contribution in [2.24, 2.45) is 0 Å². The zero-order chi connectivity index (χ0) is 28.4. The van der Waals surface area contributed by atoms with Crippen molar-refractivity contribution in [3.63, 3.8) is 0 Å². The van der Waals surface area contributed by atoms with E-state index in [0.717, 1.165) is 17.7 Å². The summed E-state index contributed by atoms with van der Waals surface area (Å²) in [5.41, 5.74) is 7.31. The monoisotopic (exact) mass is 555 g/mol. The van der Waals surface area contributed by atoms with Crippen molar-refractivity contribution in [1.82, 2.24) is 9.88 Å². The summed E-state index contributed by atoms with van der Waals surface area (Å²) in [4.78, 5) is 32.2. The molecule has 2 aromatic rings. The average Bonchev–Trinajstić information content (AvgIpc) is 2.88. The lowest BCUT2D eigenvalue weighted by Crippen LogP contribution is -2.46. The molecule has 2 amide bonds. The maximum atomic E-state index is 13.7. The Morgan fingerprint density at radius 3 is 2.44 bits per heavy atom. The number of carbonyl (C=O) groups is 2. The number of nitrogens with zero attached hydrogens (tertiary/aromatic N) is 3. The highest BCUT2D eigenvalue weighted by atomic mass is 19.4. The van der Waals surface area contributed by atoms with E-state index in [4.69, 9.17) is 5.73 Å². The number of hydrogen-bond acceptors (Lipinski definition) is 6. The molecule has 1 aromatic heterocycles. The predicted octanol–water partition coefficient (Wildman–Crippen LogP) is 5.16. The van der Waals surface area contributed by atoms with Crippen molar-refractivity contribution in [2.75, 3.05) is 36.1 Å². The fourth-order valence-electron chi connectivity index (χ4n) is 5.26. The Morgan fingerprint density at radius 1 is 1.18 bits per heavy atom. The molecule has 0 radical (unpaired) electrons. The van der Waals surface area contributed by atoms with Gasteiger partial charge in [0, 0.05) is 57.0 Å². The Kier molecular flexibility index (Phi) is 8.17. The molecule has 8 nitrogen and oxygen atoms in total. The molecule has 212 valence electrons. The molecular weight excluding hydrogens is 525 g/mol. The molecule has 2 aliphatic rings. The van der Waals surface area contributed by atoms with Crippen LogP contribution in [0.3, 0.4) is 0 Å². The van der Waals surface area contributed by atoms with Gasteiger partial charge in [0.05, 0.1) is 11.3 Å². The summed E-state index contributed by atoms with van der Waals surface area (Å²) in [7, 11) is 1.85. The molecule has 39 heavy (non-hydrogen) atoms. The Hall–Kier alpha value is -3.64. The average molecular weight is 556 g/mol. The van der Waals surface area contributed by atoms with Crippen molar-refractivity contribution < 1.29 is 36.3 Å². The number of aromatic nitrogens is 1. The second-order valence-corrected chi connectivity index (χ2v) is 9.96. The van der Waals surface area contributed by atoms with Gasteiger partial charge in [-0.15, -0.1) is 13.2 Å². The maximum Gasteiger partial charge on any atom is 0.573 e. The number of nitrogens with one attached hydrogen (secondary N) is 1. The summed E-state index contributed by atoms with van der Waals surface area (Å²) in [5.74, 6) is -3.24. The highest BCUT2D eigenvalue weighted by Gasteiger charge is 2.36. The summed E-state index contributed by atoms with van der Waals surface area (Å²) < 4.78 is 68.5. The van der Waals surface area contributed by atoms with Crippen LogP contribution in [0.25, 0.3) is 0 Å². The van der Waals surface area contributed by atoms with E-state index in [1.54, 1.807) is 11.1 Å². The van der Waals surface area contributed by atoms with Gasteiger partial charge in [0.2, 0.25) is 12.3 Å². The second kappa shape index (κ2) is 11.2. The minimum absolute atomic E-state index is 0.0195. The molecule has 1 aliphatic carbocycles. The van der Waals surface area contributed by atoms with Crippen LogP contribution in [0.4, 0.5) is 39.1 Å². The first-order valence-electron chi connectivity index (χ1n) is 12.6. The number of nitrogen functional groups attached to an aromatic ring is 1. The van der Waals surface area contributed by atoms with E-state index < -0.39 is 23.9 Å². The minimum atomic E-state index is -4.87. The van der Waals surface area contributed by atoms with Gasteiger partial charge in [0.25, 0.3) is 5.91 Å². The second-order valence-electron chi connectivity index (χ2n) is 9.96. The summed E-state index contributed by atoms with van der Waals surface area (Å²) >= 11 is 0. The topological polar surface area (TPSA) is 101 Å². The van der Waals surface area contributed by atoms with Crippen LogP contribution in [0.15, 0.2) is 30.5 Å². The number of pyridine rings is 1. The van der Waals surface area contributed by atoms with Crippen molar-refractivity contribution in [3.8, 4) is 5.75 Å².